The van der Waals surface area contributed by atoms with Crippen LogP contribution in [-0.2, 0) is 10.0 Å². The molecule has 0 bridgehead atoms. The molecule has 140 valence electrons. The Morgan fingerprint density at radius 3 is 2.58 bits per heavy atom. The van der Waals surface area contributed by atoms with Gasteiger partial charge in [-0.05, 0) is 49.3 Å². The summed E-state index contributed by atoms with van der Waals surface area (Å²) in [5, 5.41) is 5.78. The predicted octanol–water partition coefficient (Wildman–Crippen LogP) is 4.09. The van der Waals surface area contributed by atoms with Crippen LogP contribution < -0.4 is 10.1 Å². The molecule has 1 aromatic carbocycles. The SMILES string of the molecule is CC(CCC(C)C)=NNC(=O)c1ccccc1NS(=O)(=O)c1cccs1. The van der Waals surface area contributed by atoms with Gasteiger partial charge >= 0.3 is 0 Å². The monoisotopic (exact) mass is 393 g/mol. The molecule has 1 aromatic heterocycles. The van der Waals surface area contributed by atoms with Crippen LogP contribution in [0.4, 0.5) is 5.69 Å². The number of benzene rings is 1. The second kappa shape index (κ2) is 8.95. The summed E-state index contributed by atoms with van der Waals surface area (Å²) in [5.41, 5.74) is 3.75. The lowest BCUT2D eigenvalue weighted by Crippen LogP contribution is -2.22. The normalized spacial score (nSPS) is 12.2. The van der Waals surface area contributed by atoms with Gasteiger partial charge in [-0.15, -0.1) is 11.3 Å². The van der Waals surface area contributed by atoms with Crippen molar-refractivity contribution in [2.75, 3.05) is 4.72 Å². The van der Waals surface area contributed by atoms with E-state index in [-0.39, 0.29) is 15.5 Å². The molecule has 0 fully saturated rings. The van der Waals surface area contributed by atoms with E-state index in [4.69, 9.17) is 0 Å². The van der Waals surface area contributed by atoms with E-state index in [1.165, 1.54) is 6.07 Å². The smallest absolute Gasteiger partial charge is 0.273 e. The number of para-hydroxylation sites is 1. The first-order chi connectivity index (χ1) is 12.3. The van der Waals surface area contributed by atoms with Crippen LogP contribution in [0.15, 0.2) is 51.1 Å². The fourth-order valence-corrected chi connectivity index (χ4v) is 4.21. The highest BCUT2D eigenvalue weighted by atomic mass is 32.2. The number of rotatable bonds is 8. The summed E-state index contributed by atoms with van der Waals surface area (Å²) in [4.78, 5) is 12.4. The Balaban J connectivity index is 2.13. The van der Waals surface area contributed by atoms with Crippen molar-refractivity contribution in [2.24, 2.45) is 11.0 Å². The molecule has 26 heavy (non-hydrogen) atoms. The van der Waals surface area contributed by atoms with Gasteiger partial charge < -0.3 is 0 Å². The standard InChI is InChI=1S/C18H23N3O3S2/c1-13(2)10-11-14(3)19-20-18(22)15-7-4-5-8-16(15)21-26(23,24)17-9-6-12-25-17/h4-9,12-13,21H,10-11H2,1-3H3,(H,20,22). The number of carbonyl (C=O) groups is 1. The molecule has 1 amide bonds. The van der Waals surface area contributed by atoms with E-state index in [9.17, 15) is 13.2 Å². The predicted molar refractivity (Wildman–Crippen MR) is 106 cm³/mol. The summed E-state index contributed by atoms with van der Waals surface area (Å²) in [6.45, 7) is 6.11. The zero-order chi connectivity index (χ0) is 19.2. The lowest BCUT2D eigenvalue weighted by Gasteiger charge is -2.11. The number of hydrogen-bond acceptors (Lipinski definition) is 5. The van der Waals surface area contributed by atoms with Gasteiger partial charge in [0.1, 0.15) is 4.21 Å². The summed E-state index contributed by atoms with van der Waals surface area (Å²) in [6.07, 6.45) is 1.78. The van der Waals surface area contributed by atoms with E-state index < -0.39 is 15.9 Å². The van der Waals surface area contributed by atoms with Gasteiger partial charge in [0.2, 0.25) is 0 Å². The Labute approximate surface area is 158 Å². The maximum absolute atomic E-state index is 12.4. The average molecular weight is 394 g/mol. The highest BCUT2D eigenvalue weighted by Gasteiger charge is 2.19. The molecule has 2 aromatic rings. The van der Waals surface area contributed by atoms with Crippen molar-refractivity contribution in [3.63, 3.8) is 0 Å². The third kappa shape index (κ3) is 5.67. The molecule has 0 radical (unpaired) electrons. The second-order valence-electron chi connectivity index (χ2n) is 6.30. The van der Waals surface area contributed by atoms with Crippen LogP contribution in [-0.4, -0.2) is 20.0 Å². The number of hydrogen-bond donors (Lipinski definition) is 2. The molecule has 2 rings (SSSR count). The van der Waals surface area contributed by atoms with E-state index in [1.807, 2.05) is 6.92 Å². The Morgan fingerprint density at radius 1 is 1.19 bits per heavy atom. The number of thiophene rings is 1. The number of nitrogens with one attached hydrogen (secondary N) is 2. The number of hydrazone groups is 1. The van der Waals surface area contributed by atoms with Gasteiger partial charge in [-0.3, -0.25) is 9.52 Å². The van der Waals surface area contributed by atoms with Crippen LogP contribution in [0.3, 0.4) is 0 Å². The van der Waals surface area contributed by atoms with E-state index in [0.717, 1.165) is 29.9 Å². The molecule has 0 unspecified atom stereocenters. The minimum absolute atomic E-state index is 0.190. The summed E-state index contributed by atoms with van der Waals surface area (Å²) >= 11 is 1.11. The molecule has 0 atom stereocenters. The van der Waals surface area contributed by atoms with E-state index in [1.54, 1.807) is 35.7 Å². The molecule has 0 saturated heterocycles. The molecule has 8 heteroatoms. The van der Waals surface area contributed by atoms with E-state index >= 15 is 0 Å². The van der Waals surface area contributed by atoms with Gasteiger partial charge in [0.25, 0.3) is 15.9 Å². The topological polar surface area (TPSA) is 87.6 Å². The number of carbonyl (C=O) groups excluding carboxylic acids is 1. The van der Waals surface area contributed by atoms with Gasteiger partial charge in [0, 0.05) is 5.71 Å². The third-order valence-corrected chi connectivity index (χ3v) is 6.37. The zero-order valence-corrected chi connectivity index (χ0v) is 16.7. The van der Waals surface area contributed by atoms with Gasteiger partial charge in [-0.1, -0.05) is 32.0 Å². The van der Waals surface area contributed by atoms with Crippen LogP contribution in [0, 0.1) is 5.92 Å². The molecule has 6 nitrogen and oxygen atoms in total. The number of sulfonamides is 1. The van der Waals surface area contributed by atoms with Crippen molar-refractivity contribution < 1.29 is 13.2 Å². The summed E-state index contributed by atoms with van der Waals surface area (Å²) in [6, 6.07) is 9.62. The summed E-state index contributed by atoms with van der Waals surface area (Å²) in [5.74, 6) is 0.0987. The Morgan fingerprint density at radius 2 is 1.92 bits per heavy atom. The van der Waals surface area contributed by atoms with Gasteiger partial charge in [0.15, 0.2) is 0 Å². The van der Waals surface area contributed by atoms with E-state index in [0.29, 0.717) is 5.92 Å². The van der Waals surface area contributed by atoms with Crippen LogP contribution >= 0.6 is 11.3 Å². The third-order valence-electron chi connectivity index (χ3n) is 3.61. The lowest BCUT2D eigenvalue weighted by molar-refractivity contribution is 0.0955. The van der Waals surface area contributed by atoms with E-state index in [2.05, 4.69) is 29.1 Å². The maximum atomic E-state index is 12.4. The fraction of sp³-hybridized carbons (Fsp3) is 0.333. The van der Waals surface area contributed by atoms with Crippen LogP contribution in [0.25, 0.3) is 0 Å². The van der Waals surface area contributed by atoms with Crippen molar-refractivity contribution in [2.45, 2.75) is 37.8 Å². The molecule has 0 aliphatic rings. The molecular formula is C18H23N3O3S2. The van der Waals surface area contributed by atoms with Crippen molar-refractivity contribution in [3.05, 3.63) is 47.3 Å². The fourth-order valence-electron chi connectivity index (χ4n) is 2.14. The lowest BCUT2D eigenvalue weighted by atomic mass is 10.1. The number of amides is 1. The van der Waals surface area contributed by atoms with Gasteiger partial charge in [0.05, 0.1) is 11.3 Å². The molecule has 0 aliphatic carbocycles. The van der Waals surface area contributed by atoms with Crippen LogP contribution in [0.5, 0.6) is 0 Å². The maximum Gasteiger partial charge on any atom is 0.273 e. The molecule has 2 N–H and O–H groups in total. The first-order valence-electron chi connectivity index (χ1n) is 8.28. The second-order valence-corrected chi connectivity index (χ2v) is 9.16. The molecule has 1 heterocycles. The van der Waals surface area contributed by atoms with Crippen molar-refractivity contribution in [1.82, 2.24) is 5.43 Å². The minimum Gasteiger partial charge on any atom is -0.278 e. The summed E-state index contributed by atoms with van der Waals surface area (Å²) in [7, 11) is -3.72. The Bertz CT molecular complexity index is 873. The highest BCUT2D eigenvalue weighted by molar-refractivity contribution is 7.94. The largest absolute Gasteiger partial charge is 0.278 e. The van der Waals surface area contributed by atoms with Gasteiger partial charge in [-0.25, -0.2) is 13.8 Å². The average Bonchev–Trinajstić information content (AvgIpc) is 3.13. The summed E-state index contributed by atoms with van der Waals surface area (Å²) < 4.78 is 27.4. The van der Waals surface area contributed by atoms with Crippen molar-refractivity contribution >= 4 is 38.7 Å². The molecular weight excluding hydrogens is 370 g/mol. The van der Waals surface area contributed by atoms with Crippen molar-refractivity contribution in [1.29, 1.82) is 0 Å². The first kappa shape index (κ1) is 20.1. The first-order valence-corrected chi connectivity index (χ1v) is 10.6. The Kier molecular flexibility index (Phi) is 6.93. The Hall–Kier alpha value is -2.19. The van der Waals surface area contributed by atoms with Crippen molar-refractivity contribution in [3.8, 4) is 0 Å². The number of nitrogens with zero attached hydrogens (tertiary/aromatic N) is 1. The molecule has 0 spiro atoms. The van der Waals surface area contributed by atoms with Crippen LogP contribution in [0.1, 0.15) is 44.0 Å². The molecule has 0 saturated carbocycles. The highest BCUT2D eigenvalue weighted by Crippen LogP contribution is 2.22. The van der Waals surface area contributed by atoms with Gasteiger partial charge in [-0.2, -0.15) is 5.10 Å². The number of anilines is 1. The molecule has 0 aliphatic heterocycles. The quantitative estimate of drug-likeness (QED) is 0.523. The van der Waals surface area contributed by atoms with Crippen LogP contribution in [0.2, 0.25) is 0 Å². The zero-order valence-electron chi connectivity index (χ0n) is 15.0. The minimum atomic E-state index is -3.72.